The van der Waals surface area contributed by atoms with E-state index in [9.17, 15) is 19.6 Å². The number of nitrogens with zero attached hydrogens (tertiary/aromatic N) is 3. The van der Waals surface area contributed by atoms with Gasteiger partial charge in [0.15, 0.2) is 0 Å². The molecule has 0 saturated carbocycles. The van der Waals surface area contributed by atoms with Gasteiger partial charge in [-0.05, 0) is 36.3 Å². The summed E-state index contributed by atoms with van der Waals surface area (Å²) in [6.07, 6.45) is 2.83. The van der Waals surface area contributed by atoms with Crippen molar-refractivity contribution >= 4 is 18.0 Å². The van der Waals surface area contributed by atoms with Crippen LogP contribution in [-0.4, -0.2) is 26.6 Å². The molecule has 0 unspecified atom stereocenters. The fraction of sp³-hybridized carbons (Fsp3) is 0.167. The second kappa shape index (κ2) is 8.78. The van der Waals surface area contributed by atoms with E-state index in [1.54, 1.807) is 36.4 Å². The predicted molar refractivity (Wildman–Crippen MR) is 119 cm³/mol. The molecule has 0 spiro atoms. The van der Waals surface area contributed by atoms with Crippen LogP contribution in [0.5, 0.6) is 0 Å². The molecule has 2 N–H and O–H groups in total. The summed E-state index contributed by atoms with van der Waals surface area (Å²) in [5, 5.41) is 15.0. The standard InChI is InChI=1S/C24H21N5O3/c1-2-8-20-19(22(30)29(27-20)18-11-4-3-5-12-18)13-21-23(31)28(24(32)26-21)15-17-10-7-6-9-16(17)14-25/h3-7,9-13,27H,2,8,15H2,1H3,(H,26,32). The van der Waals surface area contributed by atoms with E-state index in [-0.39, 0.29) is 17.8 Å². The SMILES string of the molecule is CCCc1[nH]n(-c2ccccc2)c(=O)c1C=C1NC(=O)N(Cc2ccccc2C#N)C1=O. The number of amides is 3. The molecular formula is C24H21N5O3. The number of carbonyl (C=O) groups is 2. The number of aryl methyl sites for hydroxylation is 1. The van der Waals surface area contributed by atoms with Gasteiger partial charge in [0.25, 0.3) is 11.5 Å². The van der Waals surface area contributed by atoms with Gasteiger partial charge >= 0.3 is 6.03 Å². The minimum atomic E-state index is -0.593. The minimum Gasteiger partial charge on any atom is -0.303 e. The van der Waals surface area contributed by atoms with E-state index in [1.165, 1.54) is 10.8 Å². The van der Waals surface area contributed by atoms with Gasteiger partial charge in [0, 0.05) is 5.69 Å². The molecule has 4 rings (SSSR count). The smallest absolute Gasteiger partial charge is 0.303 e. The highest BCUT2D eigenvalue weighted by Crippen LogP contribution is 2.19. The monoisotopic (exact) mass is 427 g/mol. The van der Waals surface area contributed by atoms with E-state index in [1.807, 2.05) is 25.1 Å². The summed E-state index contributed by atoms with van der Waals surface area (Å²) >= 11 is 0. The first-order chi connectivity index (χ1) is 15.5. The largest absolute Gasteiger partial charge is 0.329 e. The van der Waals surface area contributed by atoms with Gasteiger partial charge in [-0.25, -0.2) is 9.48 Å². The van der Waals surface area contributed by atoms with Gasteiger partial charge in [0.1, 0.15) is 5.70 Å². The third-order valence-corrected chi connectivity index (χ3v) is 5.24. The van der Waals surface area contributed by atoms with Crippen molar-refractivity contribution in [1.82, 2.24) is 20.0 Å². The Morgan fingerprint density at radius 2 is 1.75 bits per heavy atom. The van der Waals surface area contributed by atoms with Crippen molar-refractivity contribution in [3.05, 3.63) is 93.0 Å². The Kier molecular flexibility index (Phi) is 5.73. The number of aromatic nitrogens is 2. The number of aromatic amines is 1. The zero-order chi connectivity index (χ0) is 22.7. The zero-order valence-corrected chi connectivity index (χ0v) is 17.5. The fourth-order valence-electron chi connectivity index (χ4n) is 3.64. The van der Waals surface area contributed by atoms with Crippen LogP contribution in [0, 0.1) is 11.3 Å². The van der Waals surface area contributed by atoms with Gasteiger partial charge < -0.3 is 5.32 Å². The van der Waals surface area contributed by atoms with E-state index in [4.69, 9.17) is 0 Å². The molecule has 32 heavy (non-hydrogen) atoms. The van der Waals surface area contributed by atoms with Crippen LogP contribution in [0.4, 0.5) is 4.79 Å². The molecule has 8 nitrogen and oxygen atoms in total. The van der Waals surface area contributed by atoms with Crippen molar-refractivity contribution in [1.29, 1.82) is 5.26 Å². The maximum Gasteiger partial charge on any atom is 0.329 e. The average molecular weight is 427 g/mol. The summed E-state index contributed by atoms with van der Waals surface area (Å²) in [6, 6.07) is 17.4. The van der Waals surface area contributed by atoms with Gasteiger partial charge in [0.05, 0.1) is 29.4 Å². The Morgan fingerprint density at radius 1 is 1.03 bits per heavy atom. The first-order valence-electron chi connectivity index (χ1n) is 10.2. The molecule has 1 aliphatic heterocycles. The van der Waals surface area contributed by atoms with Crippen LogP contribution in [0.2, 0.25) is 0 Å². The third-order valence-electron chi connectivity index (χ3n) is 5.24. The summed E-state index contributed by atoms with van der Waals surface area (Å²) in [5.74, 6) is -0.544. The molecule has 160 valence electrons. The number of nitriles is 1. The molecule has 3 amide bonds. The molecule has 3 aromatic rings. The first kappa shape index (κ1) is 20.9. The van der Waals surface area contributed by atoms with E-state index in [0.29, 0.717) is 34.5 Å². The number of hydrogen-bond acceptors (Lipinski definition) is 4. The molecule has 1 aromatic heterocycles. The molecule has 8 heteroatoms. The number of H-pyrrole nitrogens is 1. The third kappa shape index (κ3) is 3.84. The summed E-state index contributed by atoms with van der Waals surface area (Å²) in [4.78, 5) is 39.6. The molecule has 0 aliphatic carbocycles. The number of benzene rings is 2. The normalized spacial score (nSPS) is 14.6. The number of nitrogens with one attached hydrogen (secondary N) is 2. The molecule has 1 saturated heterocycles. The van der Waals surface area contributed by atoms with Crippen molar-refractivity contribution in [2.75, 3.05) is 0 Å². The number of urea groups is 1. The molecular weight excluding hydrogens is 406 g/mol. The fourth-order valence-corrected chi connectivity index (χ4v) is 3.64. The number of rotatable bonds is 6. The molecule has 0 atom stereocenters. The van der Waals surface area contributed by atoms with Crippen molar-refractivity contribution in [3.8, 4) is 11.8 Å². The first-order valence-corrected chi connectivity index (χ1v) is 10.2. The van der Waals surface area contributed by atoms with E-state index < -0.39 is 11.9 Å². The van der Waals surface area contributed by atoms with E-state index in [0.717, 1.165) is 11.3 Å². The van der Waals surface area contributed by atoms with Gasteiger partial charge in [0.2, 0.25) is 0 Å². The van der Waals surface area contributed by atoms with E-state index >= 15 is 0 Å². The second-order valence-electron chi connectivity index (χ2n) is 7.38. The van der Waals surface area contributed by atoms with Crippen LogP contribution in [0.3, 0.4) is 0 Å². The van der Waals surface area contributed by atoms with Crippen LogP contribution in [-0.2, 0) is 17.8 Å². The minimum absolute atomic E-state index is 0.0260. The quantitative estimate of drug-likeness (QED) is 0.465. The van der Waals surface area contributed by atoms with Crippen molar-refractivity contribution in [3.63, 3.8) is 0 Å². The van der Waals surface area contributed by atoms with Crippen LogP contribution in [0.15, 0.2) is 65.1 Å². The topological polar surface area (TPSA) is 111 Å². The van der Waals surface area contributed by atoms with Gasteiger partial charge in [-0.3, -0.25) is 19.6 Å². The van der Waals surface area contributed by atoms with Gasteiger partial charge in [-0.2, -0.15) is 5.26 Å². The Labute approximate surface area is 184 Å². The van der Waals surface area contributed by atoms with Crippen molar-refractivity contribution in [2.24, 2.45) is 0 Å². The summed E-state index contributed by atoms with van der Waals surface area (Å²) in [6.45, 7) is 1.96. The summed E-state index contributed by atoms with van der Waals surface area (Å²) in [7, 11) is 0. The Morgan fingerprint density at radius 3 is 2.47 bits per heavy atom. The number of para-hydroxylation sites is 1. The number of carbonyl (C=O) groups excluding carboxylic acids is 2. The predicted octanol–water partition coefficient (Wildman–Crippen LogP) is 3.08. The van der Waals surface area contributed by atoms with Crippen LogP contribution in [0.25, 0.3) is 11.8 Å². The van der Waals surface area contributed by atoms with Gasteiger partial charge in [-0.15, -0.1) is 0 Å². The number of imide groups is 1. The van der Waals surface area contributed by atoms with Gasteiger partial charge in [-0.1, -0.05) is 49.7 Å². The van der Waals surface area contributed by atoms with Crippen LogP contribution in [0.1, 0.15) is 35.7 Å². The number of hydrogen-bond donors (Lipinski definition) is 2. The van der Waals surface area contributed by atoms with Crippen LogP contribution >= 0.6 is 0 Å². The highest BCUT2D eigenvalue weighted by molar-refractivity contribution is 6.13. The average Bonchev–Trinajstić information content (AvgIpc) is 3.26. The summed E-state index contributed by atoms with van der Waals surface area (Å²) in [5.41, 5.74) is 2.38. The Hall–Kier alpha value is -4.38. The summed E-state index contributed by atoms with van der Waals surface area (Å²) < 4.78 is 1.43. The van der Waals surface area contributed by atoms with Crippen molar-refractivity contribution in [2.45, 2.75) is 26.3 Å². The lowest BCUT2D eigenvalue weighted by atomic mass is 10.1. The maximum absolute atomic E-state index is 13.1. The molecule has 0 radical (unpaired) electrons. The maximum atomic E-state index is 13.1. The van der Waals surface area contributed by atoms with Crippen molar-refractivity contribution < 1.29 is 9.59 Å². The Balaban J connectivity index is 1.69. The molecule has 1 aliphatic rings. The highest BCUT2D eigenvalue weighted by atomic mass is 16.2. The second-order valence-corrected chi connectivity index (χ2v) is 7.38. The lowest BCUT2D eigenvalue weighted by Gasteiger charge is -2.12. The lowest BCUT2D eigenvalue weighted by Crippen LogP contribution is -2.30. The molecule has 1 fully saturated rings. The molecule has 2 aromatic carbocycles. The molecule has 0 bridgehead atoms. The van der Waals surface area contributed by atoms with E-state index in [2.05, 4.69) is 16.5 Å². The zero-order valence-electron chi connectivity index (χ0n) is 17.5. The van der Waals surface area contributed by atoms with Crippen LogP contribution < -0.4 is 10.9 Å². The highest BCUT2D eigenvalue weighted by Gasteiger charge is 2.34. The lowest BCUT2D eigenvalue weighted by molar-refractivity contribution is -0.123. The Bertz CT molecular complexity index is 1310. The molecule has 2 heterocycles.